The van der Waals surface area contributed by atoms with Crippen LogP contribution in [0.25, 0.3) is 0 Å². The first-order chi connectivity index (χ1) is 21.0. The number of β-lactam (4-membered cyclic amide) rings is 1. The molecule has 44 heavy (non-hydrogen) atoms. The van der Waals surface area contributed by atoms with E-state index in [1.54, 1.807) is 0 Å². The van der Waals surface area contributed by atoms with E-state index in [1.807, 2.05) is 36.0 Å². The van der Waals surface area contributed by atoms with Gasteiger partial charge < -0.3 is 26.1 Å². The predicted octanol–water partition coefficient (Wildman–Crippen LogP) is 1.13. The lowest BCUT2D eigenvalue weighted by Crippen LogP contribution is -2.71. The lowest BCUT2D eigenvalue weighted by atomic mass is 10.0. The van der Waals surface area contributed by atoms with Crippen molar-refractivity contribution in [3.63, 3.8) is 0 Å². The van der Waals surface area contributed by atoms with Crippen LogP contribution < -0.4 is 20.3 Å². The Balaban J connectivity index is 1.36. The van der Waals surface area contributed by atoms with Crippen molar-refractivity contribution in [3.05, 3.63) is 64.9 Å². The Kier molecular flexibility index (Phi) is 8.80. The number of oxime groups is 1. The highest BCUT2D eigenvalue weighted by Gasteiger charge is 2.55. The number of hydroxylamine groups is 2. The molecule has 1 unspecified atom stereocenters. The van der Waals surface area contributed by atoms with Gasteiger partial charge in [0.2, 0.25) is 23.0 Å². The summed E-state index contributed by atoms with van der Waals surface area (Å²) in [6.07, 6.45) is 5.39. The van der Waals surface area contributed by atoms with Gasteiger partial charge in [-0.1, -0.05) is 21.1 Å². The van der Waals surface area contributed by atoms with E-state index in [0.29, 0.717) is 17.1 Å². The number of aromatic nitrogens is 2. The van der Waals surface area contributed by atoms with Crippen LogP contribution in [-0.4, -0.2) is 84.6 Å². The van der Waals surface area contributed by atoms with Crippen molar-refractivity contribution in [3.8, 4) is 0 Å². The smallest absolute Gasteiger partial charge is 0.352 e. The quantitative estimate of drug-likeness (QED) is 0.0606. The summed E-state index contributed by atoms with van der Waals surface area (Å²) in [5, 5.41) is 38.5. The molecule has 0 bridgehead atoms. The minimum Gasteiger partial charge on any atom is -0.500 e. The average Bonchev–Trinajstić information content (AvgIpc) is 3.46. The third kappa shape index (κ3) is 5.69. The summed E-state index contributed by atoms with van der Waals surface area (Å²) in [6, 6.07) is 2.72. The van der Waals surface area contributed by atoms with Crippen molar-refractivity contribution in [1.29, 1.82) is 0 Å². The molecule has 230 valence electrons. The number of carbonyl (C=O) groups is 4. The van der Waals surface area contributed by atoms with E-state index in [9.17, 15) is 34.6 Å². The zero-order chi connectivity index (χ0) is 31.8. The number of pyridine rings is 1. The summed E-state index contributed by atoms with van der Waals surface area (Å²) in [7, 11) is 1.13. The minimum atomic E-state index is -1.45. The summed E-state index contributed by atoms with van der Waals surface area (Å²) < 4.78 is 0.553. The van der Waals surface area contributed by atoms with Crippen molar-refractivity contribution in [2.45, 2.75) is 29.8 Å². The molecule has 0 radical (unpaired) electrons. The van der Waals surface area contributed by atoms with Gasteiger partial charge in [0.05, 0.1) is 11.5 Å². The average molecular weight is 662 g/mol. The van der Waals surface area contributed by atoms with Crippen molar-refractivity contribution >= 4 is 75.1 Å². The second-order valence-electron chi connectivity index (χ2n) is 9.53. The monoisotopic (exact) mass is 661 g/mol. The van der Waals surface area contributed by atoms with Crippen LogP contribution in [0.4, 0.5) is 10.9 Å². The van der Waals surface area contributed by atoms with E-state index in [1.165, 1.54) is 28.9 Å². The number of carbonyl (C=O) groups excluding carboxylic acids is 3. The SMILES string of the molecule is CC[n+]1ccc(SCC2=C(C(=O)O)N3C(=O)[C@@H](NC(=O)/C(=N\OC)C4=CC(=O)C(O)=C[N+]4(O)c4csc(N)n4)[C@H]3SC2)cc1. The molecule has 15 nitrogen and oxygen atoms in total. The number of anilines is 1. The maximum Gasteiger partial charge on any atom is 0.352 e. The first-order valence-electron chi connectivity index (χ1n) is 12.9. The van der Waals surface area contributed by atoms with E-state index >= 15 is 0 Å². The Morgan fingerprint density at radius 1 is 1.34 bits per heavy atom. The maximum absolute atomic E-state index is 13.5. The third-order valence-corrected chi connectivity index (χ3v) is 9.97. The number of thioether (sulfide) groups is 2. The topological polar surface area (TPSA) is 209 Å². The summed E-state index contributed by atoms with van der Waals surface area (Å²) in [6.45, 7) is 2.84. The Hall–Kier alpha value is -4.23. The largest absolute Gasteiger partial charge is 0.500 e. The second-order valence-corrected chi connectivity index (χ2v) is 12.6. The summed E-state index contributed by atoms with van der Waals surface area (Å²) in [5.41, 5.74) is 5.12. The molecule has 0 aromatic carbocycles. The number of nitrogens with one attached hydrogen (secondary N) is 1. The van der Waals surface area contributed by atoms with Crippen LogP contribution in [0.15, 0.2) is 75.0 Å². The van der Waals surface area contributed by atoms with Crippen molar-refractivity contribution in [1.82, 2.24) is 19.8 Å². The number of aryl methyl sites for hydroxylation is 1. The Morgan fingerprint density at radius 2 is 2.07 bits per heavy atom. The molecular weight excluding hydrogens is 635 g/mol. The van der Waals surface area contributed by atoms with Gasteiger partial charge in [0.25, 0.3) is 17.6 Å². The molecule has 3 aliphatic rings. The number of ketones is 1. The van der Waals surface area contributed by atoms with E-state index in [2.05, 4.69) is 15.5 Å². The number of aliphatic hydroxyl groups excluding tert-OH is 1. The van der Waals surface area contributed by atoms with Crippen LogP contribution in [-0.2, 0) is 30.6 Å². The highest BCUT2D eigenvalue weighted by atomic mass is 32.2. The zero-order valence-corrected chi connectivity index (χ0v) is 25.7. The fraction of sp³-hybridized carbons (Fsp3) is 0.269. The van der Waals surface area contributed by atoms with E-state index in [0.717, 1.165) is 47.1 Å². The molecule has 3 atom stereocenters. The van der Waals surface area contributed by atoms with Crippen molar-refractivity contribution < 1.29 is 44.0 Å². The number of aliphatic carboxylic acids is 1. The highest BCUT2D eigenvalue weighted by molar-refractivity contribution is 8.01. The fourth-order valence-electron chi connectivity index (χ4n) is 4.68. The molecular formula is C26H27N7O8S3+2. The molecule has 3 aliphatic heterocycles. The third-order valence-electron chi connectivity index (χ3n) is 6.87. The highest BCUT2D eigenvalue weighted by Crippen LogP contribution is 2.42. The van der Waals surface area contributed by atoms with Gasteiger partial charge in [0.1, 0.15) is 30.8 Å². The van der Waals surface area contributed by atoms with Gasteiger partial charge in [0.15, 0.2) is 23.7 Å². The van der Waals surface area contributed by atoms with Gasteiger partial charge in [-0.25, -0.2) is 9.36 Å². The number of hydrogen-bond acceptors (Lipinski definition) is 13. The molecule has 2 aromatic heterocycles. The number of aliphatic hydroxyl groups is 1. The van der Waals surface area contributed by atoms with Gasteiger partial charge >= 0.3 is 5.97 Å². The van der Waals surface area contributed by atoms with Crippen LogP contribution in [0.3, 0.4) is 0 Å². The maximum atomic E-state index is 13.5. The standard InChI is InChI=1S/C26H25N7O8S3/c1-3-31-6-4-14(5-7-31)42-10-13-11-43-24-20(23(37)32(24)21(13)25(38)39)29-22(36)19(30-41-2)15-8-16(34)17(35)9-33(15,40)18-12-44-26(27)28-18/h4-9,12,20,24,40H,3,10-11H2,1-2H3,(H3-2,27,28,29,35,36,38,39)/p+2/b30-19-/t20-,24-,33?/m1/s1. The zero-order valence-electron chi connectivity index (χ0n) is 23.2. The summed E-state index contributed by atoms with van der Waals surface area (Å²) >= 11 is 3.71. The molecule has 2 amide bonds. The molecule has 5 rings (SSSR count). The molecule has 0 spiro atoms. The van der Waals surface area contributed by atoms with E-state index < -0.39 is 56.8 Å². The molecule has 0 saturated carbocycles. The predicted molar refractivity (Wildman–Crippen MR) is 161 cm³/mol. The van der Waals surface area contributed by atoms with Crippen molar-refractivity contribution in [2.24, 2.45) is 5.16 Å². The number of fused-ring (bicyclic) bond motifs is 1. The molecule has 1 fully saturated rings. The van der Waals surface area contributed by atoms with Crippen molar-refractivity contribution in [2.75, 3.05) is 24.3 Å². The molecule has 5 heterocycles. The number of carboxylic acid groups (broad SMARTS) is 1. The van der Waals surface area contributed by atoms with Crippen LogP contribution in [0.5, 0.6) is 0 Å². The summed E-state index contributed by atoms with van der Waals surface area (Å²) in [4.78, 5) is 62.4. The number of amides is 2. The van der Waals surface area contributed by atoms with Crippen LogP contribution in [0, 0.1) is 0 Å². The molecule has 18 heteroatoms. The number of nitrogens with two attached hydrogens (primary N) is 1. The number of hydrogen-bond donors (Lipinski definition) is 5. The Morgan fingerprint density at radius 3 is 2.68 bits per heavy atom. The number of quaternary nitrogens is 1. The second kappa shape index (κ2) is 12.4. The first-order valence-corrected chi connectivity index (χ1v) is 15.9. The normalized spacial score (nSPS) is 23.4. The number of carboxylic acids is 1. The number of nitrogens with zero attached hydrogens (tertiary/aromatic N) is 5. The first kappa shape index (κ1) is 31.2. The summed E-state index contributed by atoms with van der Waals surface area (Å²) in [5.74, 6) is -4.16. The number of nitrogen functional groups attached to an aromatic ring is 1. The molecule has 1 saturated heterocycles. The van der Waals surface area contributed by atoms with Gasteiger partial charge in [-0.2, -0.15) is 10.2 Å². The lowest BCUT2D eigenvalue weighted by Gasteiger charge is -2.49. The Bertz CT molecular complexity index is 1670. The minimum absolute atomic E-state index is 0.0633. The van der Waals surface area contributed by atoms with Gasteiger partial charge in [-0.05, 0) is 12.5 Å². The van der Waals surface area contributed by atoms with Crippen LogP contribution in [0.1, 0.15) is 6.92 Å². The lowest BCUT2D eigenvalue weighted by molar-refractivity contribution is -0.693. The van der Waals surface area contributed by atoms with Crippen LogP contribution >= 0.6 is 34.9 Å². The molecule has 2 aromatic rings. The molecule has 6 N–H and O–H groups in total. The number of thiazole rings is 1. The fourth-order valence-corrected chi connectivity index (χ4v) is 7.64. The van der Waals surface area contributed by atoms with E-state index in [-0.39, 0.29) is 16.6 Å². The molecule has 0 aliphatic carbocycles. The van der Waals surface area contributed by atoms with Crippen LogP contribution in [0.2, 0.25) is 0 Å². The number of rotatable bonds is 10. The van der Waals surface area contributed by atoms with Gasteiger partial charge in [-0.15, -0.1) is 23.5 Å². The van der Waals surface area contributed by atoms with Gasteiger partial charge in [-0.3, -0.25) is 19.3 Å². The Labute approximate surface area is 262 Å². The van der Waals surface area contributed by atoms with Gasteiger partial charge in [0, 0.05) is 28.5 Å². The number of allylic oxidation sites excluding steroid dienone is 1. The van der Waals surface area contributed by atoms with E-state index in [4.69, 9.17) is 10.6 Å².